The van der Waals surface area contributed by atoms with Crippen molar-refractivity contribution in [2.24, 2.45) is 5.92 Å². The number of hydrogen-bond acceptors (Lipinski definition) is 8. The molecule has 9 heteroatoms. The van der Waals surface area contributed by atoms with Gasteiger partial charge < -0.3 is 15.4 Å². The summed E-state index contributed by atoms with van der Waals surface area (Å²) in [5.74, 6) is -0.0524. The SMILES string of the molecule is CCOC(=O)CSc1nnc(NC(=O)C2CCNCC2)s1. The highest BCUT2D eigenvalue weighted by atomic mass is 32.2. The number of carbonyl (C=O) groups is 2. The van der Waals surface area contributed by atoms with E-state index in [0.29, 0.717) is 16.1 Å². The first kappa shape index (κ1) is 16.2. The lowest BCUT2D eigenvalue weighted by molar-refractivity contribution is -0.139. The lowest BCUT2D eigenvalue weighted by Gasteiger charge is -2.20. The van der Waals surface area contributed by atoms with Crippen LogP contribution in [-0.2, 0) is 14.3 Å². The Morgan fingerprint density at radius 1 is 1.43 bits per heavy atom. The van der Waals surface area contributed by atoms with Gasteiger partial charge in [0.25, 0.3) is 0 Å². The first-order valence-electron chi connectivity index (χ1n) is 6.82. The molecule has 0 bridgehead atoms. The Bertz CT molecular complexity index is 489. The second-order valence-electron chi connectivity index (χ2n) is 4.48. The van der Waals surface area contributed by atoms with Crippen LogP contribution in [0.5, 0.6) is 0 Å². The molecule has 1 aliphatic rings. The molecule has 2 N–H and O–H groups in total. The van der Waals surface area contributed by atoms with E-state index in [1.165, 1.54) is 23.1 Å². The molecule has 0 saturated carbocycles. The number of thioether (sulfide) groups is 1. The predicted octanol–water partition coefficient (Wildman–Crippen LogP) is 1.13. The Hall–Kier alpha value is -1.19. The zero-order valence-corrected chi connectivity index (χ0v) is 13.4. The molecule has 1 aromatic heterocycles. The van der Waals surface area contributed by atoms with Gasteiger partial charge in [0.1, 0.15) is 0 Å². The van der Waals surface area contributed by atoms with Crippen LogP contribution in [0.4, 0.5) is 5.13 Å². The number of anilines is 1. The van der Waals surface area contributed by atoms with Gasteiger partial charge in [-0.3, -0.25) is 9.59 Å². The van der Waals surface area contributed by atoms with Gasteiger partial charge in [0.15, 0.2) is 4.34 Å². The van der Waals surface area contributed by atoms with Crippen LogP contribution in [0.2, 0.25) is 0 Å². The third kappa shape index (κ3) is 5.25. The van der Waals surface area contributed by atoms with E-state index >= 15 is 0 Å². The molecule has 0 radical (unpaired) electrons. The molecule has 2 heterocycles. The maximum Gasteiger partial charge on any atom is 0.316 e. The summed E-state index contributed by atoms with van der Waals surface area (Å²) < 4.78 is 5.48. The number of hydrogen-bond donors (Lipinski definition) is 2. The number of nitrogens with zero attached hydrogens (tertiary/aromatic N) is 2. The fourth-order valence-corrected chi connectivity index (χ4v) is 3.49. The van der Waals surface area contributed by atoms with Crippen molar-refractivity contribution in [1.82, 2.24) is 15.5 Å². The summed E-state index contributed by atoms with van der Waals surface area (Å²) in [5, 5.41) is 14.4. The fourth-order valence-electron chi connectivity index (χ4n) is 1.93. The third-order valence-corrected chi connectivity index (χ3v) is 4.91. The lowest BCUT2D eigenvalue weighted by Crippen LogP contribution is -2.34. The first-order valence-corrected chi connectivity index (χ1v) is 8.62. The molecule has 7 nitrogen and oxygen atoms in total. The van der Waals surface area contributed by atoms with Crippen molar-refractivity contribution in [3.63, 3.8) is 0 Å². The summed E-state index contributed by atoms with van der Waals surface area (Å²) in [6.45, 7) is 3.87. The molecule has 21 heavy (non-hydrogen) atoms. The van der Waals surface area contributed by atoms with Crippen LogP contribution in [0.1, 0.15) is 19.8 Å². The van der Waals surface area contributed by atoms with Crippen LogP contribution in [0.3, 0.4) is 0 Å². The summed E-state index contributed by atoms with van der Waals surface area (Å²) >= 11 is 2.53. The molecular formula is C12H18N4O3S2. The molecule has 0 aromatic carbocycles. The zero-order chi connectivity index (χ0) is 15.1. The Labute approximate surface area is 131 Å². The molecule has 0 unspecified atom stereocenters. The standard InChI is InChI=1S/C12H18N4O3S2/c1-2-19-9(17)7-20-12-16-15-11(21-12)14-10(18)8-3-5-13-6-4-8/h8,13H,2-7H2,1H3,(H,14,15,18). The molecule has 1 fully saturated rings. The van der Waals surface area contributed by atoms with Gasteiger partial charge >= 0.3 is 5.97 Å². The lowest BCUT2D eigenvalue weighted by atomic mass is 9.97. The van der Waals surface area contributed by atoms with Crippen molar-refractivity contribution >= 4 is 40.1 Å². The smallest absolute Gasteiger partial charge is 0.316 e. The minimum atomic E-state index is -0.280. The quantitative estimate of drug-likeness (QED) is 0.459. The summed E-state index contributed by atoms with van der Waals surface area (Å²) in [4.78, 5) is 23.3. The minimum absolute atomic E-state index is 0.00501. The maximum absolute atomic E-state index is 12.0. The molecule has 0 atom stereocenters. The number of nitrogens with one attached hydrogen (secondary N) is 2. The van der Waals surface area contributed by atoms with Crippen LogP contribution in [0.25, 0.3) is 0 Å². The average molecular weight is 330 g/mol. The zero-order valence-electron chi connectivity index (χ0n) is 11.8. The number of aromatic nitrogens is 2. The van der Waals surface area contributed by atoms with E-state index < -0.39 is 0 Å². The van der Waals surface area contributed by atoms with Crippen LogP contribution in [0.15, 0.2) is 4.34 Å². The highest BCUT2D eigenvalue weighted by Crippen LogP contribution is 2.26. The number of carbonyl (C=O) groups excluding carboxylic acids is 2. The molecule has 1 aromatic rings. The van der Waals surface area contributed by atoms with Gasteiger partial charge in [0, 0.05) is 5.92 Å². The van der Waals surface area contributed by atoms with Crippen molar-refractivity contribution in [3.8, 4) is 0 Å². The Kier molecular flexibility index (Phi) is 6.40. The fraction of sp³-hybridized carbons (Fsp3) is 0.667. The molecule has 0 spiro atoms. The van der Waals surface area contributed by atoms with Crippen molar-refractivity contribution in [1.29, 1.82) is 0 Å². The van der Waals surface area contributed by atoms with Crippen LogP contribution >= 0.6 is 23.1 Å². The van der Waals surface area contributed by atoms with Gasteiger partial charge in [-0.2, -0.15) is 0 Å². The van der Waals surface area contributed by atoms with E-state index in [0.717, 1.165) is 25.9 Å². The second-order valence-corrected chi connectivity index (χ2v) is 6.68. The summed E-state index contributed by atoms with van der Waals surface area (Å²) in [6.07, 6.45) is 1.68. The van der Waals surface area contributed by atoms with Crippen molar-refractivity contribution in [2.75, 3.05) is 30.8 Å². The predicted molar refractivity (Wildman–Crippen MR) is 81.5 cm³/mol. The van der Waals surface area contributed by atoms with Crippen molar-refractivity contribution < 1.29 is 14.3 Å². The molecule has 1 saturated heterocycles. The molecular weight excluding hydrogens is 312 g/mol. The molecule has 2 rings (SSSR count). The van der Waals surface area contributed by atoms with E-state index in [-0.39, 0.29) is 23.5 Å². The van der Waals surface area contributed by atoms with Gasteiger partial charge in [0.2, 0.25) is 11.0 Å². The van der Waals surface area contributed by atoms with Gasteiger partial charge in [0.05, 0.1) is 12.4 Å². The van der Waals surface area contributed by atoms with Crippen molar-refractivity contribution in [2.45, 2.75) is 24.1 Å². The molecule has 116 valence electrons. The van der Waals surface area contributed by atoms with Crippen LogP contribution in [-0.4, -0.2) is 47.5 Å². The third-order valence-electron chi connectivity index (χ3n) is 2.97. The highest BCUT2D eigenvalue weighted by Gasteiger charge is 2.22. The monoisotopic (exact) mass is 330 g/mol. The normalized spacial score (nSPS) is 15.7. The van der Waals surface area contributed by atoms with Crippen molar-refractivity contribution in [3.05, 3.63) is 0 Å². The first-order chi connectivity index (χ1) is 10.2. The number of ether oxygens (including phenoxy) is 1. The van der Waals surface area contributed by atoms with E-state index in [2.05, 4.69) is 20.8 Å². The van der Waals surface area contributed by atoms with E-state index in [1.54, 1.807) is 6.92 Å². The van der Waals surface area contributed by atoms with Gasteiger partial charge in [-0.05, 0) is 32.9 Å². The summed E-state index contributed by atoms with van der Waals surface area (Å²) in [7, 11) is 0. The Morgan fingerprint density at radius 3 is 2.90 bits per heavy atom. The number of piperidine rings is 1. The average Bonchev–Trinajstić information content (AvgIpc) is 2.94. The number of rotatable bonds is 6. The molecule has 1 amide bonds. The van der Waals surface area contributed by atoms with E-state index in [4.69, 9.17) is 4.74 Å². The maximum atomic E-state index is 12.0. The highest BCUT2D eigenvalue weighted by molar-refractivity contribution is 8.01. The molecule has 0 aliphatic carbocycles. The van der Waals surface area contributed by atoms with Gasteiger partial charge in [-0.25, -0.2) is 0 Å². The van der Waals surface area contributed by atoms with E-state index in [1.807, 2.05) is 0 Å². The van der Waals surface area contributed by atoms with Crippen LogP contribution in [0, 0.1) is 5.92 Å². The topological polar surface area (TPSA) is 93.2 Å². The summed E-state index contributed by atoms with van der Waals surface area (Å²) in [5.41, 5.74) is 0. The van der Waals surface area contributed by atoms with Gasteiger partial charge in [-0.15, -0.1) is 10.2 Å². The van der Waals surface area contributed by atoms with E-state index in [9.17, 15) is 9.59 Å². The minimum Gasteiger partial charge on any atom is -0.465 e. The summed E-state index contributed by atoms with van der Waals surface area (Å²) in [6, 6.07) is 0. The number of amides is 1. The van der Waals surface area contributed by atoms with Crippen LogP contribution < -0.4 is 10.6 Å². The second kappa shape index (κ2) is 8.30. The van der Waals surface area contributed by atoms with Gasteiger partial charge in [-0.1, -0.05) is 23.1 Å². The molecule has 1 aliphatic heterocycles. The largest absolute Gasteiger partial charge is 0.465 e. The number of esters is 1. The Morgan fingerprint density at radius 2 is 2.19 bits per heavy atom. The Balaban J connectivity index is 1.79.